The SMILES string of the molecule is COC1(C(=O)NCC(c2ccc(C)cc2)N(C)C)CCNCC1. The van der Waals surface area contributed by atoms with Gasteiger partial charge < -0.3 is 20.3 Å². The summed E-state index contributed by atoms with van der Waals surface area (Å²) in [5.41, 5.74) is 1.76. The van der Waals surface area contributed by atoms with E-state index < -0.39 is 5.60 Å². The fourth-order valence-electron chi connectivity index (χ4n) is 3.09. The van der Waals surface area contributed by atoms with Gasteiger partial charge in [-0.15, -0.1) is 0 Å². The molecule has 23 heavy (non-hydrogen) atoms. The summed E-state index contributed by atoms with van der Waals surface area (Å²) in [7, 11) is 5.70. The zero-order valence-electron chi connectivity index (χ0n) is 14.7. The van der Waals surface area contributed by atoms with Gasteiger partial charge in [-0.2, -0.15) is 0 Å². The highest BCUT2D eigenvalue weighted by Gasteiger charge is 2.39. The molecule has 1 aromatic rings. The summed E-state index contributed by atoms with van der Waals surface area (Å²) in [6.45, 7) is 4.29. The summed E-state index contributed by atoms with van der Waals surface area (Å²) in [6, 6.07) is 8.62. The lowest BCUT2D eigenvalue weighted by Crippen LogP contribution is -2.55. The molecular formula is C18H29N3O2. The van der Waals surface area contributed by atoms with Crippen molar-refractivity contribution in [2.24, 2.45) is 0 Å². The Kier molecular flexibility index (Phi) is 6.16. The Labute approximate surface area is 139 Å². The predicted molar refractivity (Wildman–Crippen MR) is 92.5 cm³/mol. The van der Waals surface area contributed by atoms with Gasteiger partial charge in [0.15, 0.2) is 0 Å². The van der Waals surface area contributed by atoms with Crippen LogP contribution in [0.15, 0.2) is 24.3 Å². The highest BCUT2D eigenvalue weighted by molar-refractivity contribution is 5.85. The maximum atomic E-state index is 12.7. The molecule has 0 aliphatic carbocycles. The van der Waals surface area contributed by atoms with Crippen LogP contribution in [0.2, 0.25) is 0 Å². The normalized spacial score (nSPS) is 18.7. The molecular weight excluding hydrogens is 290 g/mol. The number of likely N-dealkylation sites (N-methyl/N-ethyl adjacent to an activating group) is 1. The van der Waals surface area contributed by atoms with Crippen molar-refractivity contribution >= 4 is 5.91 Å². The molecule has 1 atom stereocenters. The van der Waals surface area contributed by atoms with E-state index in [4.69, 9.17) is 4.74 Å². The number of nitrogens with one attached hydrogen (secondary N) is 2. The molecule has 1 aliphatic heterocycles. The summed E-state index contributed by atoms with van der Waals surface area (Å²) in [5.74, 6) is 0.000427. The zero-order valence-corrected chi connectivity index (χ0v) is 14.7. The van der Waals surface area contributed by atoms with E-state index in [0.717, 1.165) is 13.1 Å². The lowest BCUT2D eigenvalue weighted by Gasteiger charge is -2.35. The number of carbonyl (C=O) groups is 1. The van der Waals surface area contributed by atoms with E-state index in [-0.39, 0.29) is 11.9 Å². The summed E-state index contributed by atoms with van der Waals surface area (Å²) >= 11 is 0. The van der Waals surface area contributed by atoms with Gasteiger partial charge in [0.25, 0.3) is 5.91 Å². The van der Waals surface area contributed by atoms with Gasteiger partial charge in [0.05, 0.1) is 6.04 Å². The highest BCUT2D eigenvalue weighted by Crippen LogP contribution is 2.23. The second-order valence-corrected chi connectivity index (χ2v) is 6.55. The van der Waals surface area contributed by atoms with Crippen molar-refractivity contribution in [3.05, 3.63) is 35.4 Å². The van der Waals surface area contributed by atoms with E-state index in [1.165, 1.54) is 11.1 Å². The monoisotopic (exact) mass is 319 g/mol. The largest absolute Gasteiger partial charge is 0.368 e. The van der Waals surface area contributed by atoms with Crippen LogP contribution < -0.4 is 10.6 Å². The topological polar surface area (TPSA) is 53.6 Å². The van der Waals surface area contributed by atoms with E-state index in [0.29, 0.717) is 19.4 Å². The van der Waals surface area contributed by atoms with Crippen molar-refractivity contribution in [3.8, 4) is 0 Å². The van der Waals surface area contributed by atoms with Crippen molar-refractivity contribution < 1.29 is 9.53 Å². The molecule has 0 saturated carbocycles. The van der Waals surface area contributed by atoms with Crippen LogP contribution in [0.5, 0.6) is 0 Å². The van der Waals surface area contributed by atoms with Crippen molar-refractivity contribution in [2.45, 2.75) is 31.4 Å². The minimum Gasteiger partial charge on any atom is -0.368 e. The molecule has 5 nitrogen and oxygen atoms in total. The van der Waals surface area contributed by atoms with Gasteiger partial charge in [0.1, 0.15) is 5.60 Å². The van der Waals surface area contributed by atoms with Gasteiger partial charge in [-0.1, -0.05) is 29.8 Å². The van der Waals surface area contributed by atoms with Crippen LogP contribution in [0.3, 0.4) is 0 Å². The van der Waals surface area contributed by atoms with Gasteiger partial charge in [-0.25, -0.2) is 0 Å². The second-order valence-electron chi connectivity index (χ2n) is 6.55. The Morgan fingerprint density at radius 3 is 2.43 bits per heavy atom. The standard InChI is InChI=1S/C18H29N3O2/c1-14-5-7-15(8-6-14)16(21(2)3)13-20-17(22)18(23-4)9-11-19-12-10-18/h5-8,16,19H,9-13H2,1-4H3,(H,20,22). The van der Waals surface area contributed by atoms with Gasteiger partial charge in [-0.05, 0) is 52.5 Å². The summed E-state index contributed by atoms with van der Waals surface area (Å²) < 4.78 is 5.59. The van der Waals surface area contributed by atoms with Gasteiger partial charge in [-0.3, -0.25) is 4.79 Å². The number of piperidine rings is 1. The molecule has 0 radical (unpaired) electrons. The van der Waals surface area contributed by atoms with Crippen LogP contribution in [0, 0.1) is 6.92 Å². The Hall–Kier alpha value is -1.43. The maximum absolute atomic E-state index is 12.7. The van der Waals surface area contributed by atoms with Crippen molar-refractivity contribution in [2.75, 3.05) is 40.8 Å². The molecule has 1 amide bonds. The molecule has 1 heterocycles. The summed E-state index contributed by atoms with van der Waals surface area (Å²) in [6.07, 6.45) is 1.43. The van der Waals surface area contributed by atoms with Crippen molar-refractivity contribution in [3.63, 3.8) is 0 Å². The molecule has 1 aliphatic rings. The predicted octanol–water partition coefficient (Wildman–Crippen LogP) is 1.48. The van der Waals surface area contributed by atoms with Gasteiger partial charge >= 0.3 is 0 Å². The van der Waals surface area contributed by atoms with Gasteiger partial charge in [0.2, 0.25) is 0 Å². The van der Waals surface area contributed by atoms with Crippen LogP contribution in [0.1, 0.15) is 30.0 Å². The summed E-state index contributed by atoms with van der Waals surface area (Å²) in [5, 5.41) is 6.38. The third kappa shape index (κ3) is 4.31. The number of ether oxygens (including phenoxy) is 1. The molecule has 2 N–H and O–H groups in total. The van der Waals surface area contributed by atoms with E-state index in [1.54, 1.807) is 7.11 Å². The van der Waals surface area contributed by atoms with Gasteiger partial charge in [0, 0.05) is 13.7 Å². The first-order valence-electron chi connectivity index (χ1n) is 8.26. The van der Waals surface area contributed by atoms with Crippen LogP contribution >= 0.6 is 0 Å². The molecule has 0 aromatic heterocycles. The Morgan fingerprint density at radius 1 is 1.30 bits per heavy atom. The van der Waals surface area contributed by atoms with Crippen LogP contribution in [-0.2, 0) is 9.53 Å². The van der Waals surface area contributed by atoms with Crippen LogP contribution in [0.25, 0.3) is 0 Å². The molecule has 2 rings (SSSR count). The minimum absolute atomic E-state index is 0.000427. The molecule has 1 saturated heterocycles. The lowest BCUT2D eigenvalue weighted by atomic mass is 9.91. The lowest BCUT2D eigenvalue weighted by molar-refractivity contribution is -0.146. The molecule has 0 bridgehead atoms. The fraction of sp³-hybridized carbons (Fsp3) is 0.611. The maximum Gasteiger partial charge on any atom is 0.252 e. The number of nitrogens with zero attached hydrogens (tertiary/aromatic N) is 1. The van der Waals surface area contributed by atoms with Crippen LogP contribution in [0.4, 0.5) is 0 Å². The molecule has 1 unspecified atom stereocenters. The molecule has 0 spiro atoms. The number of hydrogen-bond donors (Lipinski definition) is 2. The van der Waals surface area contributed by atoms with E-state index in [2.05, 4.69) is 46.7 Å². The first-order chi connectivity index (χ1) is 11.0. The second kappa shape index (κ2) is 7.90. The van der Waals surface area contributed by atoms with Crippen LogP contribution in [-0.4, -0.2) is 57.2 Å². The average Bonchev–Trinajstić information content (AvgIpc) is 2.56. The molecule has 1 aromatic carbocycles. The molecule has 5 heteroatoms. The summed E-state index contributed by atoms with van der Waals surface area (Å²) in [4.78, 5) is 14.8. The quantitative estimate of drug-likeness (QED) is 0.834. The third-order valence-corrected chi connectivity index (χ3v) is 4.76. The van der Waals surface area contributed by atoms with E-state index in [9.17, 15) is 4.79 Å². The Bertz CT molecular complexity index is 508. The number of hydrogen-bond acceptors (Lipinski definition) is 4. The number of amides is 1. The Balaban J connectivity index is 2.03. The first-order valence-corrected chi connectivity index (χ1v) is 8.26. The number of benzene rings is 1. The number of methoxy groups -OCH3 is 1. The number of aryl methyl sites for hydroxylation is 1. The minimum atomic E-state index is -0.685. The van der Waals surface area contributed by atoms with E-state index in [1.807, 2.05) is 14.1 Å². The molecule has 1 fully saturated rings. The third-order valence-electron chi connectivity index (χ3n) is 4.76. The number of rotatable bonds is 6. The zero-order chi connectivity index (χ0) is 16.9. The molecule has 128 valence electrons. The fourth-order valence-corrected chi connectivity index (χ4v) is 3.09. The number of carbonyl (C=O) groups excluding carboxylic acids is 1. The smallest absolute Gasteiger partial charge is 0.252 e. The Morgan fingerprint density at radius 2 is 1.91 bits per heavy atom. The highest BCUT2D eigenvalue weighted by atomic mass is 16.5. The first kappa shape index (κ1) is 17.9. The van der Waals surface area contributed by atoms with Crippen molar-refractivity contribution in [1.82, 2.24) is 15.5 Å². The van der Waals surface area contributed by atoms with Crippen molar-refractivity contribution in [1.29, 1.82) is 0 Å². The average molecular weight is 319 g/mol. The van der Waals surface area contributed by atoms with E-state index >= 15 is 0 Å².